The number of nitrogens with zero attached hydrogens (tertiary/aromatic N) is 4. The fraction of sp³-hybridized carbons (Fsp3) is 0.125. The summed E-state index contributed by atoms with van der Waals surface area (Å²) in [5, 5.41) is 1.12. The van der Waals surface area contributed by atoms with Gasteiger partial charge in [-0.3, -0.25) is 4.98 Å². The molecule has 0 aliphatic carbocycles. The topological polar surface area (TPSA) is 43.8 Å². The Morgan fingerprint density at radius 3 is 2.66 bits per heavy atom. The van der Waals surface area contributed by atoms with Crippen molar-refractivity contribution in [2.24, 2.45) is 0 Å². The third kappa shape index (κ3) is 2.24. The molecule has 5 heteroatoms. The Labute approximate surface area is 167 Å². The summed E-state index contributed by atoms with van der Waals surface area (Å²) >= 11 is 0. The maximum Gasteiger partial charge on any atom is 0.303 e. The summed E-state index contributed by atoms with van der Waals surface area (Å²) in [5.41, 5.74) is 4.41. The molecule has 0 saturated heterocycles. The minimum Gasteiger partial charge on any atom is -0.449 e. The van der Waals surface area contributed by atoms with Crippen molar-refractivity contribution in [2.75, 3.05) is 0 Å². The molecule has 4 heterocycles. The third-order valence-corrected chi connectivity index (χ3v) is 5.52. The number of rotatable bonds is 1. The molecule has 3 aromatic heterocycles. The van der Waals surface area contributed by atoms with Crippen LogP contribution in [0.15, 0.2) is 79.1 Å². The zero-order valence-corrected chi connectivity index (χ0v) is 16.2. The van der Waals surface area contributed by atoms with E-state index in [0.29, 0.717) is 0 Å². The van der Waals surface area contributed by atoms with E-state index in [1.165, 1.54) is 0 Å². The summed E-state index contributed by atoms with van der Waals surface area (Å²) in [5.74, 6) is 1.93. The van der Waals surface area contributed by atoms with Gasteiger partial charge in [0.15, 0.2) is 5.52 Å². The van der Waals surface area contributed by atoms with E-state index < -0.39 is 5.72 Å². The molecule has 0 amide bonds. The highest BCUT2D eigenvalue weighted by atomic mass is 16.5. The van der Waals surface area contributed by atoms with E-state index in [4.69, 9.17) is 9.72 Å². The first-order chi connectivity index (χ1) is 14.1. The molecule has 6 rings (SSSR count). The zero-order valence-electron chi connectivity index (χ0n) is 16.2. The van der Waals surface area contributed by atoms with Gasteiger partial charge in [-0.15, -0.1) is 0 Å². The van der Waals surface area contributed by atoms with Crippen LogP contribution in [-0.2, 0) is 5.72 Å². The molecule has 0 N–H and O–H groups in total. The molecule has 0 bridgehead atoms. The van der Waals surface area contributed by atoms with Crippen LogP contribution in [0.4, 0.5) is 0 Å². The van der Waals surface area contributed by atoms with Crippen molar-refractivity contribution in [3.05, 3.63) is 79.1 Å². The second-order valence-corrected chi connectivity index (χ2v) is 7.77. The van der Waals surface area contributed by atoms with Gasteiger partial charge in [-0.2, -0.15) is 9.13 Å². The normalized spacial score (nSPS) is 14.4. The van der Waals surface area contributed by atoms with Crippen LogP contribution < -0.4 is 9.30 Å². The summed E-state index contributed by atoms with van der Waals surface area (Å²) in [6.07, 6.45) is 3.67. The van der Waals surface area contributed by atoms with Gasteiger partial charge in [0.1, 0.15) is 17.0 Å². The predicted molar refractivity (Wildman–Crippen MR) is 112 cm³/mol. The molecule has 1 aliphatic heterocycles. The molecule has 0 radical (unpaired) electrons. The fourth-order valence-corrected chi connectivity index (χ4v) is 4.33. The Morgan fingerprint density at radius 1 is 0.897 bits per heavy atom. The molecule has 0 unspecified atom stereocenters. The molecule has 5 nitrogen and oxygen atoms in total. The SMILES string of the molecule is CC1(C)Oc2ccccc2-c2n(-c3ccc4cccnc4c3)c3ncccc3[n+]21. The van der Waals surface area contributed by atoms with Gasteiger partial charge in [-0.1, -0.05) is 18.2 Å². The quantitative estimate of drug-likeness (QED) is 0.400. The number of pyridine rings is 2. The van der Waals surface area contributed by atoms with Crippen molar-refractivity contribution in [1.82, 2.24) is 14.5 Å². The van der Waals surface area contributed by atoms with Gasteiger partial charge >= 0.3 is 5.82 Å². The summed E-state index contributed by atoms with van der Waals surface area (Å²) in [6, 6.07) is 22.6. The van der Waals surface area contributed by atoms with Gasteiger partial charge in [0.05, 0.1) is 5.52 Å². The van der Waals surface area contributed by atoms with Crippen LogP contribution >= 0.6 is 0 Å². The molecule has 0 spiro atoms. The number of imidazole rings is 1. The van der Waals surface area contributed by atoms with Crippen LogP contribution in [0.5, 0.6) is 5.75 Å². The second-order valence-electron chi connectivity index (χ2n) is 7.77. The zero-order chi connectivity index (χ0) is 19.6. The highest BCUT2D eigenvalue weighted by Crippen LogP contribution is 2.39. The highest BCUT2D eigenvalue weighted by Gasteiger charge is 2.44. The van der Waals surface area contributed by atoms with Gasteiger partial charge in [0.25, 0.3) is 5.65 Å². The molecule has 0 fully saturated rings. The summed E-state index contributed by atoms with van der Waals surface area (Å²) < 4.78 is 10.8. The Kier molecular flexibility index (Phi) is 3.16. The van der Waals surface area contributed by atoms with E-state index >= 15 is 0 Å². The molecule has 0 saturated carbocycles. The molecular formula is C24H19N4O+. The van der Waals surface area contributed by atoms with E-state index in [-0.39, 0.29) is 0 Å². The molecular weight excluding hydrogens is 360 g/mol. The largest absolute Gasteiger partial charge is 0.449 e. The van der Waals surface area contributed by atoms with Crippen molar-refractivity contribution in [1.29, 1.82) is 0 Å². The van der Waals surface area contributed by atoms with Gasteiger partial charge in [-0.05, 0) is 42.5 Å². The summed E-state index contributed by atoms with van der Waals surface area (Å²) in [4.78, 5) is 9.30. The number of benzene rings is 2. The highest BCUT2D eigenvalue weighted by molar-refractivity contribution is 5.83. The molecule has 0 atom stereocenters. The average molecular weight is 379 g/mol. The number of para-hydroxylation sites is 1. The van der Waals surface area contributed by atoms with Crippen LogP contribution in [0.3, 0.4) is 0 Å². The Bertz CT molecular complexity index is 1420. The lowest BCUT2D eigenvalue weighted by atomic mass is 10.1. The first-order valence-electron chi connectivity index (χ1n) is 9.69. The number of hydrogen-bond donors (Lipinski definition) is 0. The van der Waals surface area contributed by atoms with Crippen molar-refractivity contribution in [2.45, 2.75) is 19.6 Å². The van der Waals surface area contributed by atoms with Gasteiger partial charge in [0.2, 0.25) is 5.72 Å². The second kappa shape index (κ2) is 5.64. The summed E-state index contributed by atoms with van der Waals surface area (Å²) in [7, 11) is 0. The number of fused-ring (bicyclic) bond motifs is 6. The predicted octanol–water partition coefficient (Wildman–Crippen LogP) is 4.61. The number of ether oxygens (including phenoxy) is 1. The number of aromatic nitrogens is 4. The van der Waals surface area contributed by atoms with E-state index in [0.717, 1.165) is 44.9 Å². The first kappa shape index (κ1) is 16.2. The van der Waals surface area contributed by atoms with Gasteiger partial charge in [0, 0.05) is 37.7 Å². The van der Waals surface area contributed by atoms with Crippen LogP contribution in [0.1, 0.15) is 13.8 Å². The van der Waals surface area contributed by atoms with Gasteiger partial charge < -0.3 is 4.74 Å². The smallest absolute Gasteiger partial charge is 0.303 e. The summed E-state index contributed by atoms with van der Waals surface area (Å²) in [6.45, 7) is 4.18. The Hall–Kier alpha value is -3.73. The van der Waals surface area contributed by atoms with Gasteiger partial charge in [-0.25, -0.2) is 4.98 Å². The molecule has 1 aliphatic rings. The van der Waals surface area contributed by atoms with E-state index in [9.17, 15) is 0 Å². The lowest BCUT2D eigenvalue weighted by Gasteiger charge is -2.30. The van der Waals surface area contributed by atoms with Crippen LogP contribution in [-0.4, -0.2) is 14.5 Å². The van der Waals surface area contributed by atoms with Crippen molar-refractivity contribution < 1.29 is 9.30 Å². The van der Waals surface area contributed by atoms with E-state index in [1.54, 1.807) is 0 Å². The maximum absolute atomic E-state index is 6.38. The van der Waals surface area contributed by atoms with Crippen molar-refractivity contribution in [3.8, 4) is 22.8 Å². The number of hydrogen-bond acceptors (Lipinski definition) is 3. The molecule has 2 aromatic carbocycles. The van der Waals surface area contributed by atoms with Crippen LogP contribution in [0.25, 0.3) is 39.1 Å². The Balaban J connectivity index is 1.78. The van der Waals surface area contributed by atoms with Crippen LogP contribution in [0, 0.1) is 0 Å². The van der Waals surface area contributed by atoms with E-state index in [2.05, 4.69) is 64.4 Å². The van der Waals surface area contributed by atoms with E-state index in [1.807, 2.05) is 42.7 Å². The van der Waals surface area contributed by atoms with Crippen molar-refractivity contribution >= 4 is 22.1 Å². The third-order valence-electron chi connectivity index (χ3n) is 5.52. The lowest BCUT2D eigenvalue weighted by Crippen LogP contribution is -2.59. The van der Waals surface area contributed by atoms with Crippen molar-refractivity contribution in [3.63, 3.8) is 0 Å². The minimum absolute atomic E-state index is 0.550. The minimum atomic E-state index is -0.550. The molecule has 29 heavy (non-hydrogen) atoms. The molecule has 140 valence electrons. The maximum atomic E-state index is 6.38. The Morgan fingerprint density at radius 2 is 1.72 bits per heavy atom. The molecule has 5 aromatic rings. The standard InChI is InChI=1S/C24H19N4O/c1-24(2)28-20-9-6-14-26-22(20)27(23(28)18-8-3-4-10-21(18)29-24)17-12-11-16-7-5-13-25-19(16)15-17/h3-15H,1-2H3/q+1. The lowest BCUT2D eigenvalue weighted by molar-refractivity contribution is -0.765. The average Bonchev–Trinajstić information content (AvgIpc) is 3.10. The monoisotopic (exact) mass is 379 g/mol. The fourth-order valence-electron chi connectivity index (χ4n) is 4.33. The first-order valence-corrected chi connectivity index (χ1v) is 9.69. The van der Waals surface area contributed by atoms with Crippen LogP contribution in [0.2, 0.25) is 0 Å².